The number of hydrogen-bond acceptors (Lipinski definition) is 5. The van der Waals surface area contributed by atoms with Gasteiger partial charge in [-0.25, -0.2) is 9.67 Å². The molecule has 2 aromatic heterocycles. The molecule has 1 amide bonds. The third-order valence-corrected chi connectivity index (χ3v) is 6.77. The van der Waals surface area contributed by atoms with E-state index in [4.69, 9.17) is 27.7 Å². The largest absolute Gasteiger partial charge is 0.359 e. The van der Waals surface area contributed by atoms with E-state index >= 15 is 0 Å². The maximum atomic E-state index is 14.0. The Morgan fingerprint density at radius 3 is 2.74 bits per heavy atom. The summed E-state index contributed by atoms with van der Waals surface area (Å²) in [4.78, 5) is 20.5. The Morgan fingerprint density at radius 1 is 1.16 bits per heavy atom. The molecule has 4 heterocycles. The second-order valence-electron chi connectivity index (χ2n) is 8.04. The number of rotatable bonds is 3. The molecule has 5 rings (SSSR count). The summed E-state index contributed by atoms with van der Waals surface area (Å²) in [6.45, 7) is 4.44. The van der Waals surface area contributed by atoms with E-state index in [1.807, 2.05) is 36.9 Å². The third-order valence-electron chi connectivity index (χ3n) is 6.03. The summed E-state index contributed by atoms with van der Waals surface area (Å²) in [5, 5.41) is 9.39. The van der Waals surface area contributed by atoms with Crippen molar-refractivity contribution < 1.29 is 9.32 Å². The number of carbonyl (C=O) groups is 1. The number of halogens is 2. The average molecular weight is 458 g/mol. The molecule has 160 valence electrons. The van der Waals surface area contributed by atoms with Crippen LogP contribution in [-0.2, 0) is 4.79 Å². The van der Waals surface area contributed by atoms with Crippen molar-refractivity contribution in [3.05, 3.63) is 63.6 Å². The minimum atomic E-state index is -0.519. The molecule has 2 aliphatic rings. The van der Waals surface area contributed by atoms with Crippen LogP contribution in [0.15, 0.2) is 46.0 Å². The van der Waals surface area contributed by atoms with Crippen LogP contribution < -0.4 is 0 Å². The van der Waals surface area contributed by atoms with Crippen LogP contribution in [0.3, 0.4) is 0 Å². The lowest BCUT2D eigenvalue weighted by molar-refractivity contribution is -0.135. The number of carbonyl (C=O) groups excluding carboxylic acids is 1. The van der Waals surface area contributed by atoms with E-state index in [-0.39, 0.29) is 18.0 Å². The summed E-state index contributed by atoms with van der Waals surface area (Å²) >= 11 is 12.5. The number of aromatic nitrogens is 3. The van der Waals surface area contributed by atoms with Crippen LogP contribution in [0.1, 0.15) is 48.9 Å². The van der Waals surface area contributed by atoms with E-state index in [1.165, 1.54) is 0 Å². The molecule has 1 unspecified atom stereocenters. The first-order valence-electron chi connectivity index (χ1n) is 10.2. The number of fused-ring (bicyclic) bond motifs is 1. The standard InChI is InChI=1S/C22H21Cl2N5O2/c1-12-10-18(31-27-12)17-4-3-9-28(17)22(30)20-13(2)26-19-7-8-25-29(19)21(20)14-5-6-15(23)16(24)11-14/h5-8,10-11,17,20-21H,3-4,9H2,1-2H3/t17-,20?,21+/m0/s1. The third kappa shape index (κ3) is 3.46. The lowest BCUT2D eigenvalue weighted by atomic mass is 9.86. The zero-order chi connectivity index (χ0) is 21.7. The molecular formula is C22H21Cl2N5O2. The van der Waals surface area contributed by atoms with E-state index in [1.54, 1.807) is 23.0 Å². The van der Waals surface area contributed by atoms with Gasteiger partial charge in [-0.3, -0.25) is 4.79 Å². The smallest absolute Gasteiger partial charge is 0.234 e. The van der Waals surface area contributed by atoms with Crippen molar-refractivity contribution in [2.24, 2.45) is 10.9 Å². The van der Waals surface area contributed by atoms with Crippen LogP contribution in [-0.4, -0.2) is 38.0 Å². The molecule has 7 nitrogen and oxygen atoms in total. The molecule has 0 saturated carbocycles. The number of aliphatic imine (C=N–C) groups is 1. The van der Waals surface area contributed by atoms with Gasteiger partial charge in [0.15, 0.2) is 11.6 Å². The normalized spacial score (nSPS) is 23.0. The van der Waals surface area contributed by atoms with Crippen molar-refractivity contribution >= 4 is 40.6 Å². The quantitative estimate of drug-likeness (QED) is 0.543. The van der Waals surface area contributed by atoms with E-state index in [9.17, 15) is 4.79 Å². The Hall–Kier alpha value is -2.64. The molecule has 1 aromatic carbocycles. The van der Waals surface area contributed by atoms with Gasteiger partial charge in [0.2, 0.25) is 5.91 Å². The number of benzene rings is 1. The lowest BCUT2D eigenvalue weighted by Gasteiger charge is -2.35. The van der Waals surface area contributed by atoms with Crippen LogP contribution >= 0.6 is 23.2 Å². The average Bonchev–Trinajstić information content (AvgIpc) is 3.48. The Labute approximate surface area is 189 Å². The lowest BCUT2D eigenvalue weighted by Crippen LogP contribution is -2.44. The van der Waals surface area contributed by atoms with E-state index in [2.05, 4.69) is 15.2 Å². The first kappa shape index (κ1) is 20.3. The number of nitrogens with zero attached hydrogens (tertiary/aromatic N) is 5. The summed E-state index contributed by atoms with van der Waals surface area (Å²) < 4.78 is 7.29. The minimum Gasteiger partial charge on any atom is -0.359 e. The summed E-state index contributed by atoms with van der Waals surface area (Å²) in [5.41, 5.74) is 2.41. The molecule has 3 aromatic rings. The van der Waals surface area contributed by atoms with Gasteiger partial charge < -0.3 is 9.42 Å². The van der Waals surface area contributed by atoms with Crippen LogP contribution in [0.2, 0.25) is 10.0 Å². The highest BCUT2D eigenvalue weighted by molar-refractivity contribution is 6.42. The van der Waals surface area contributed by atoms with Crippen molar-refractivity contribution in [3.63, 3.8) is 0 Å². The van der Waals surface area contributed by atoms with Gasteiger partial charge in [-0.2, -0.15) is 5.10 Å². The monoisotopic (exact) mass is 457 g/mol. The van der Waals surface area contributed by atoms with Gasteiger partial charge in [0.1, 0.15) is 5.92 Å². The first-order valence-corrected chi connectivity index (χ1v) is 11.0. The molecule has 0 spiro atoms. The second kappa shape index (κ2) is 7.80. The zero-order valence-electron chi connectivity index (χ0n) is 17.1. The topological polar surface area (TPSA) is 76.5 Å². The van der Waals surface area contributed by atoms with Crippen LogP contribution in [0.25, 0.3) is 0 Å². The number of aryl methyl sites for hydroxylation is 1. The van der Waals surface area contributed by atoms with Crippen molar-refractivity contribution in [2.75, 3.05) is 6.54 Å². The molecule has 3 atom stereocenters. The molecule has 1 fully saturated rings. The molecule has 9 heteroatoms. The van der Waals surface area contributed by atoms with Gasteiger partial charge in [-0.15, -0.1) is 0 Å². The highest BCUT2D eigenvalue weighted by Crippen LogP contribution is 2.41. The molecule has 0 bridgehead atoms. The minimum absolute atomic E-state index is 0.00461. The summed E-state index contributed by atoms with van der Waals surface area (Å²) in [7, 11) is 0. The predicted molar refractivity (Wildman–Crippen MR) is 118 cm³/mol. The van der Waals surface area contributed by atoms with Gasteiger partial charge in [0.05, 0.1) is 34.0 Å². The van der Waals surface area contributed by atoms with E-state index in [0.717, 1.165) is 35.6 Å². The van der Waals surface area contributed by atoms with Gasteiger partial charge in [0, 0.05) is 24.4 Å². The summed E-state index contributed by atoms with van der Waals surface area (Å²) in [6.07, 6.45) is 3.44. The molecule has 31 heavy (non-hydrogen) atoms. The van der Waals surface area contributed by atoms with Crippen molar-refractivity contribution in [2.45, 2.75) is 38.8 Å². The fraction of sp³-hybridized carbons (Fsp3) is 0.364. The van der Waals surface area contributed by atoms with E-state index < -0.39 is 5.92 Å². The van der Waals surface area contributed by atoms with Crippen LogP contribution in [0.4, 0.5) is 5.82 Å². The number of likely N-dealkylation sites (tertiary alicyclic amines) is 1. The molecule has 2 aliphatic heterocycles. The zero-order valence-corrected chi connectivity index (χ0v) is 18.6. The molecule has 1 saturated heterocycles. The molecular weight excluding hydrogens is 437 g/mol. The van der Waals surface area contributed by atoms with Crippen molar-refractivity contribution in [3.8, 4) is 0 Å². The fourth-order valence-corrected chi connectivity index (χ4v) is 4.93. The van der Waals surface area contributed by atoms with Gasteiger partial charge >= 0.3 is 0 Å². The Balaban J connectivity index is 1.57. The number of hydrogen-bond donors (Lipinski definition) is 0. The van der Waals surface area contributed by atoms with Gasteiger partial charge in [0.25, 0.3) is 0 Å². The second-order valence-corrected chi connectivity index (χ2v) is 8.86. The molecule has 0 N–H and O–H groups in total. The van der Waals surface area contributed by atoms with E-state index in [0.29, 0.717) is 22.4 Å². The van der Waals surface area contributed by atoms with Gasteiger partial charge in [-0.05, 0) is 44.4 Å². The summed E-state index contributed by atoms with van der Waals surface area (Å²) in [6, 6.07) is 8.69. The maximum absolute atomic E-state index is 14.0. The van der Waals surface area contributed by atoms with Crippen molar-refractivity contribution in [1.29, 1.82) is 0 Å². The predicted octanol–water partition coefficient (Wildman–Crippen LogP) is 5.16. The fourth-order valence-electron chi connectivity index (χ4n) is 4.62. The van der Waals surface area contributed by atoms with Crippen molar-refractivity contribution in [1.82, 2.24) is 19.8 Å². The molecule has 0 aliphatic carbocycles. The Bertz CT molecular complexity index is 1180. The molecule has 0 radical (unpaired) electrons. The highest BCUT2D eigenvalue weighted by atomic mass is 35.5. The SMILES string of the molecule is CC1=Nc2ccnn2[C@H](c2ccc(Cl)c(Cl)c2)C1C(=O)N1CCC[C@H]1c1cc(C)no1. The first-order chi connectivity index (χ1) is 14.9. The van der Waals surface area contributed by atoms with Crippen LogP contribution in [0, 0.1) is 12.8 Å². The number of amides is 1. The Kier molecular flexibility index (Phi) is 5.10. The maximum Gasteiger partial charge on any atom is 0.234 e. The summed E-state index contributed by atoms with van der Waals surface area (Å²) in [5.74, 6) is 0.908. The highest BCUT2D eigenvalue weighted by Gasteiger charge is 2.43. The van der Waals surface area contributed by atoms with Gasteiger partial charge in [-0.1, -0.05) is 34.4 Å². The van der Waals surface area contributed by atoms with Crippen LogP contribution in [0.5, 0.6) is 0 Å². The Morgan fingerprint density at radius 2 is 2.00 bits per heavy atom.